The molecule has 1 aliphatic heterocycles. The first-order chi connectivity index (χ1) is 15.9. The molecule has 2 heterocycles. The fourth-order valence-electron chi connectivity index (χ4n) is 4.10. The minimum Gasteiger partial charge on any atom is -0.336 e. The molecule has 1 N–H and O–H groups in total. The molecule has 0 bridgehead atoms. The van der Waals surface area contributed by atoms with Gasteiger partial charge in [0.05, 0.1) is 29.7 Å². The molecule has 1 aliphatic rings. The predicted molar refractivity (Wildman–Crippen MR) is 130 cm³/mol. The predicted octanol–water partition coefficient (Wildman–Crippen LogP) is 4.05. The van der Waals surface area contributed by atoms with Gasteiger partial charge in [-0.15, -0.1) is 0 Å². The lowest BCUT2D eigenvalue weighted by atomic mass is 10.0. The summed E-state index contributed by atoms with van der Waals surface area (Å²) in [5.74, 6) is 0.0274. The highest BCUT2D eigenvalue weighted by molar-refractivity contribution is 6.30. The number of halogens is 1. The number of nitrogens with zero attached hydrogens (tertiary/aromatic N) is 4. The Bertz CT molecular complexity index is 1120. The molecule has 172 valence electrons. The number of para-hydroxylation sites is 1. The van der Waals surface area contributed by atoms with Crippen molar-refractivity contribution in [2.45, 2.75) is 19.8 Å². The molecule has 1 saturated heterocycles. The highest BCUT2D eigenvalue weighted by Gasteiger charge is 2.28. The van der Waals surface area contributed by atoms with Gasteiger partial charge in [-0.3, -0.25) is 14.5 Å². The van der Waals surface area contributed by atoms with E-state index in [0.717, 1.165) is 17.1 Å². The lowest BCUT2D eigenvalue weighted by molar-refractivity contribution is -0.117. The van der Waals surface area contributed by atoms with E-state index in [2.05, 4.69) is 29.2 Å². The number of anilines is 1. The topological polar surface area (TPSA) is 70.5 Å². The molecule has 1 aromatic heterocycles. The molecule has 8 heteroatoms. The van der Waals surface area contributed by atoms with Crippen molar-refractivity contribution in [1.82, 2.24) is 19.6 Å². The summed E-state index contributed by atoms with van der Waals surface area (Å²) < 4.78 is 1.80. The van der Waals surface area contributed by atoms with Crippen molar-refractivity contribution in [3.05, 3.63) is 77.1 Å². The second-order valence-corrected chi connectivity index (χ2v) is 8.91. The van der Waals surface area contributed by atoms with Crippen LogP contribution in [0.25, 0.3) is 5.69 Å². The first kappa shape index (κ1) is 23.0. The van der Waals surface area contributed by atoms with Crippen molar-refractivity contribution in [2.75, 3.05) is 38.0 Å². The lowest BCUT2D eigenvalue weighted by Crippen LogP contribution is -2.50. The number of nitrogens with one attached hydrogen (secondary N) is 1. The number of piperazine rings is 1. The highest BCUT2D eigenvalue weighted by Crippen LogP contribution is 2.26. The Hall–Kier alpha value is -3.16. The quantitative estimate of drug-likeness (QED) is 0.596. The lowest BCUT2D eigenvalue weighted by Gasteiger charge is -2.34. The summed E-state index contributed by atoms with van der Waals surface area (Å²) in [7, 11) is 0. The molecule has 33 heavy (non-hydrogen) atoms. The van der Waals surface area contributed by atoms with E-state index in [-0.39, 0.29) is 17.7 Å². The Morgan fingerprint density at radius 2 is 1.76 bits per heavy atom. The van der Waals surface area contributed by atoms with Gasteiger partial charge in [0.2, 0.25) is 5.91 Å². The van der Waals surface area contributed by atoms with Crippen molar-refractivity contribution >= 4 is 29.1 Å². The number of hydrogen-bond acceptors (Lipinski definition) is 4. The zero-order valence-corrected chi connectivity index (χ0v) is 19.6. The van der Waals surface area contributed by atoms with Crippen molar-refractivity contribution in [3.8, 4) is 5.69 Å². The summed E-state index contributed by atoms with van der Waals surface area (Å²) in [5.41, 5.74) is 3.10. The Morgan fingerprint density at radius 3 is 2.42 bits per heavy atom. The SMILES string of the molecule is CC(C)c1c(C(=O)N2CCN(CC(=O)Nc3ccccc3)CC2)cnn1-c1cccc(Cl)c1. The number of carbonyl (C=O) groups is 2. The zero-order valence-electron chi connectivity index (χ0n) is 18.9. The molecule has 0 unspecified atom stereocenters. The molecule has 0 radical (unpaired) electrons. The number of aromatic nitrogens is 2. The van der Waals surface area contributed by atoms with E-state index in [4.69, 9.17) is 11.6 Å². The van der Waals surface area contributed by atoms with Gasteiger partial charge in [-0.05, 0) is 36.2 Å². The minimum atomic E-state index is -0.0501. The van der Waals surface area contributed by atoms with Crippen LogP contribution in [0.1, 0.15) is 35.8 Å². The first-order valence-electron chi connectivity index (χ1n) is 11.1. The maximum atomic E-state index is 13.4. The second kappa shape index (κ2) is 10.2. The molecule has 2 amide bonds. The first-order valence-corrected chi connectivity index (χ1v) is 11.5. The van der Waals surface area contributed by atoms with E-state index in [1.165, 1.54) is 0 Å². The smallest absolute Gasteiger partial charge is 0.257 e. The molecule has 2 aromatic carbocycles. The van der Waals surface area contributed by atoms with Crippen molar-refractivity contribution < 1.29 is 9.59 Å². The van der Waals surface area contributed by atoms with Gasteiger partial charge in [-0.2, -0.15) is 5.10 Å². The number of hydrogen-bond donors (Lipinski definition) is 1. The average Bonchev–Trinajstić information content (AvgIpc) is 3.25. The van der Waals surface area contributed by atoms with Gasteiger partial charge in [0, 0.05) is 36.9 Å². The Kier molecular flexibility index (Phi) is 7.11. The average molecular weight is 466 g/mol. The van der Waals surface area contributed by atoms with E-state index < -0.39 is 0 Å². The van der Waals surface area contributed by atoms with Crippen LogP contribution in [-0.2, 0) is 4.79 Å². The molecular weight excluding hydrogens is 438 g/mol. The van der Waals surface area contributed by atoms with E-state index in [0.29, 0.717) is 43.3 Å². The second-order valence-electron chi connectivity index (χ2n) is 8.47. The fourth-order valence-corrected chi connectivity index (χ4v) is 4.28. The number of carbonyl (C=O) groups excluding carboxylic acids is 2. The van der Waals surface area contributed by atoms with Crippen LogP contribution in [0.5, 0.6) is 0 Å². The fraction of sp³-hybridized carbons (Fsp3) is 0.320. The van der Waals surface area contributed by atoms with Crippen LogP contribution < -0.4 is 5.32 Å². The van der Waals surface area contributed by atoms with Crippen LogP contribution in [0.2, 0.25) is 5.02 Å². The van der Waals surface area contributed by atoms with E-state index >= 15 is 0 Å². The largest absolute Gasteiger partial charge is 0.336 e. The van der Waals surface area contributed by atoms with Crippen molar-refractivity contribution in [2.24, 2.45) is 0 Å². The summed E-state index contributed by atoms with van der Waals surface area (Å²) >= 11 is 6.16. The third-order valence-electron chi connectivity index (χ3n) is 5.72. The number of benzene rings is 2. The molecular formula is C25H28ClN5O2. The summed E-state index contributed by atoms with van der Waals surface area (Å²) in [5, 5.41) is 8.04. The molecule has 0 aliphatic carbocycles. The van der Waals surface area contributed by atoms with E-state index in [1.54, 1.807) is 10.9 Å². The van der Waals surface area contributed by atoms with Crippen molar-refractivity contribution in [1.29, 1.82) is 0 Å². The third kappa shape index (κ3) is 5.43. The normalized spacial score (nSPS) is 14.5. The van der Waals surface area contributed by atoms with Crippen LogP contribution in [0.3, 0.4) is 0 Å². The van der Waals surface area contributed by atoms with Crippen LogP contribution >= 0.6 is 11.6 Å². The molecule has 0 atom stereocenters. The number of rotatable bonds is 6. The molecule has 7 nitrogen and oxygen atoms in total. The van der Waals surface area contributed by atoms with E-state index in [1.807, 2.05) is 59.5 Å². The summed E-state index contributed by atoms with van der Waals surface area (Å²) in [6.45, 7) is 6.84. The Morgan fingerprint density at radius 1 is 1.03 bits per heavy atom. The van der Waals surface area contributed by atoms with Gasteiger partial charge < -0.3 is 10.2 Å². The van der Waals surface area contributed by atoms with Gasteiger partial charge >= 0.3 is 0 Å². The maximum Gasteiger partial charge on any atom is 0.257 e. The molecule has 3 aromatic rings. The third-order valence-corrected chi connectivity index (χ3v) is 5.96. The van der Waals surface area contributed by atoms with E-state index in [9.17, 15) is 9.59 Å². The van der Waals surface area contributed by atoms with Crippen molar-refractivity contribution in [3.63, 3.8) is 0 Å². The van der Waals surface area contributed by atoms with Gasteiger partial charge in [-0.1, -0.05) is 49.7 Å². The van der Waals surface area contributed by atoms with Crippen LogP contribution in [0.15, 0.2) is 60.8 Å². The van der Waals surface area contributed by atoms with Gasteiger partial charge in [0.15, 0.2) is 0 Å². The molecule has 0 saturated carbocycles. The maximum absolute atomic E-state index is 13.4. The van der Waals surface area contributed by atoms with Gasteiger partial charge in [0.1, 0.15) is 0 Å². The monoisotopic (exact) mass is 465 g/mol. The highest BCUT2D eigenvalue weighted by atomic mass is 35.5. The standard InChI is InChI=1S/C25H28ClN5O2/c1-18(2)24-22(16-27-31(24)21-10-6-7-19(26)15-21)25(33)30-13-11-29(12-14-30)17-23(32)28-20-8-4-3-5-9-20/h3-10,15-16,18H,11-14,17H2,1-2H3,(H,28,32). The Balaban J connectivity index is 1.40. The zero-order chi connectivity index (χ0) is 23.4. The summed E-state index contributed by atoms with van der Waals surface area (Å²) in [6.07, 6.45) is 1.65. The van der Waals surface area contributed by atoms with Gasteiger partial charge in [0.25, 0.3) is 5.91 Å². The summed E-state index contributed by atoms with van der Waals surface area (Å²) in [6, 6.07) is 16.9. The molecule has 1 fully saturated rings. The van der Waals surface area contributed by atoms with Crippen LogP contribution in [0.4, 0.5) is 5.69 Å². The summed E-state index contributed by atoms with van der Waals surface area (Å²) in [4.78, 5) is 29.6. The molecule has 4 rings (SSSR count). The molecule has 0 spiro atoms. The van der Waals surface area contributed by atoms with Crippen LogP contribution in [-0.4, -0.2) is 64.1 Å². The Labute approximate surface area is 198 Å². The minimum absolute atomic E-state index is 0.0274. The van der Waals surface area contributed by atoms with Gasteiger partial charge in [-0.25, -0.2) is 4.68 Å². The van der Waals surface area contributed by atoms with Crippen LogP contribution in [0, 0.1) is 0 Å². The number of amides is 2.